The van der Waals surface area contributed by atoms with Crippen LogP contribution in [-0.4, -0.2) is 22.5 Å². The van der Waals surface area contributed by atoms with Crippen LogP contribution in [0, 0.1) is 10.1 Å². The zero-order valence-corrected chi connectivity index (χ0v) is 13.2. The quantitative estimate of drug-likeness (QED) is 0.483. The molecule has 1 atom stereocenters. The summed E-state index contributed by atoms with van der Waals surface area (Å²) in [6.07, 6.45) is 2.88. The number of amides is 1. The molecule has 0 aliphatic carbocycles. The standard InChI is InChI=1S/C16H16N2O4S/c1-16(20,14-3-2-10-23-14)11-17-15(19)9-6-12-4-7-13(8-5-12)18(21)22/h2-10,20H,11H2,1H3,(H,17,19)/b9-6+. The smallest absolute Gasteiger partial charge is 0.269 e. The van der Waals surface area contributed by atoms with Crippen LogP contribution in [0.3, 0.4) is 0 Å². The van der Waals surface area contributed by atoms with Gasteiger partial charge in [0, 0.05) is 23.1 Å². The van der Waals surface area contributed by atoms with Gasteiger partial charge in [0.2, 0.25) is 5.91 Å². The van der Waals surface area contributed by atoms with Crippen molar-refractivity contribution in [3.63, 3.8) is 0 Å². The van der Waals surface area contributed by atoms with Gasteiger partial charge in [-0.3, -0.25) is 14.9 Å². The van der Waals surface area contributed by atoms with E-state index in [0.29, 0.717) is 5.56 Å². The monoisotopic (exact) mass is 332 g/mol. The van der Waals surface area contributed by atoms with E-state index in [2.05, 4.69) is 5.32 Å². The second-order valence-electron chi connectivity index (χ2n) is 5.15. The molecular weight excluding hydrogens is 316 g/mol. The molecule has 0 aliphatic rings. The maximum atomic E-state index is 11.8. The summed E-state index contributed by atoms with van der Waals surface area (Å²) >= 11 is 1.42. The minimum absolute atomic E-state index is 0.00130. The number of hydrogen-bond donors (Lipinski definition) is 2. The maximum absolute atomic E-state index is 11.8. The average molecular weight is 332 g/mol. The number of rotatable bonds is 6. The highest BCUT2D eigenvalue weighted by molar-refractivity contribution is 7.10. The molecule has 1 aromatic carbocycles. The third-order valence-electron chi connectivity index (χ3n) is 3.19. The second kappa shape index (κ2) is 7.17. The van der Waals surface area contributed by atoms with Gasteiger partial charge in [0.1, 0.15) is 5.60 Å². The molecule has 120 valence electrons. The van der Waals surface area contributed by atoms with Crippen LogP contribution in [0.1, 0.15) is 17.4 Å². The Morgan fingerprint density at radius 3 is 2.65 bits per heavy atom. The molecule has 1 amide bonds. The highest BCUT2D eigenvalue weighted by atomic mass is 32.1. The number of hydrogen-bond acceptors (Lipinski definition) is 5. The van der Waals surface area contributed by atoms with Crippen LogP contribution < -0.4 is 5.32 Å². The molecule has 0 radical (unpaired) electrons. The summed E-state index contributed by atoms with van der Waals surface area (Å²) in [4.78, 5) is 22.6. The van der Waals surface area contributed by atoms with Crippen molar-refractivity contribution in [1.82, 2.24) is 5.32 Å². The van der Waals surface area contributed by atoms with Crippen LogP contribution in [0.25, 0.3) is 6.08 Å². The third kappa shape index (κ3) is 4.73. The van der Waals surface area contributed by atoms with Crippen molar-refractivity contribution in [2.24, 2.45) is 0 Å². The normalized spacial score (nSPS) is 13.7. The van der Waals surface area contributed by atoms with Crippen molar-refractivity contribution < 1.29 is 14.8 Å². The highest BCUT2D eigenvalue weighted by Crippen LogP contribution is 2.24. The molecule has 0 saturated carbocycles. The van der Waals surface area contributed by atoms with Gasteiger partial charge in [-0.15, -0.1) is 11.3 Å². The Kier molecular flexibility index (Phi) is 5.25. The van der Waals surface area contributed by atoms with E-state index in [0.717, 1.165) is 4.88 Å². The maximum Gasteiger partial charge on any atom is 0.269 e. The van der Waals surface area contributed by atoms with E-state index in [1.807, 2.05) is 17.5 Å². The lowest BCUT2D eigenvalue weighted by atomic mass is 10.1. The molecule has 1 unspecified atom stereocenters. The zero-order valence-electron chi connectivity index (χ0n) is 12.4. The molecule has 2 N–H and O–H groups in total. The summed E-state index contributed by atoms with van der Waals surface area (Å²) in [6, 6.07) is 9.51. The van der Waals surface area contributed by atoms with Gasteiger partial charge >= 0.3 is 0 Å². The SMILES string of the molecule is CC(O)(CNC(=O)/C=C/c1ccc([N+](=O)[O-])cc1)c1cccs1. The topological polar surface area (TPSA) is 92.5 Å². The van der Waals surface area contributed by atoms with Gasteiger partial charge in [-0.2, -0.15) is 0 Å². The number of carbonyl (C=O) groups is 1. The second-order valence-corrected chi connectivity index (χ2v) is 6.10. The number of nitro groups is 1. The van der Waals surface area contributed by atoms with Crippen molar-refractivity contribution in [2.45, 2.75) is 12.5 Å². The summed E-state index contributed by atoms with van der Waals surface area (Å²) in [7, 11) is 0. The molecule has 1 aromatic heterocycles. The summed E-state index contributed by atoms with van der Waals surface area (Å²) in [5, 5.41) is 25.3. The van der Waals surface area contributed by atoms with Crippen LogP contribution in [0.4, 0.5) is 5.69 Å². The molecule has 7 heteroatoms. The van der Waals surface area contributed by atoms with Gasteiger partial charge in [-0.25, -0.2) is 0 Å². The predicted molar refractivity (Wildman–Crippen MR) is 89.0 cm³/mol. The molecule has 1 heterocycles. The Morgan fingerprint density at radius 2 is 2.09 bits per heavy atom. The largest absolute Gasteiger partial charge is 0.383 e. The van der Waals surface area contributed by atoms with Gasteiger partial charge in [0.15, 0.2) is 0 Å². The van der Waals surface area contributed by atoms with Crippen molar-refractivity contribution in [3.05, 3.63) is 68.4 Å². The predicted octanol–water partition coefficient (Wildman–Crippen LogP) is 2.69. The Hall–Kier alpha value is -2.51. The van der Waals surface area contributed by atoms with Crippen LogP contribution in [0.2, 0.25) is 0 Å². The third-order valence-corrected chi connectivity index (χ3v) is 4.31. The van der Waals surface area contributed by atoms with Gasteiger partial charge < -0.3 is 10.4 Å². The number of non-ortho nitro benzene ring substituents is 1. The van der Waals surface area contributed by atoms with Gasteiger partial charge in [0.05, 0.1) is 11.5 Å². The fraction of sp³-hybridized carbons (Fsp3) is 0.188. The minimum Gasteiger partial charge on any atom is -0.383 e. The minimum atomic E-state index is -1.12. The van der Waals surface area contributed by atoms with Crippen LogP contribution >= 0.6 is 11.3 Å². The Balaban J connectivity index is 1.90. The summed E-state index contributed by atoms with van der Waals surface area (Å²) in [5.74, 6) is -0.347. The Morgan fingerprint density at radius 1 is 1.39 bits per heavy atom. The molecule has 0 bridgehead atoms. The van der Waals surface area contributed by atoms with Crippen LogP contribution in [0.5, 0.6) is 0 Å². The number of benzene rings is 1. The first-order valence-corrected chi connectivity index (χ1v) is 7.73. The molecule has 0 spiro atoms. The fourth-order valence-corrected chi connectivity index (χ4v) is 2.66. The molecule has 2 aromatic rings. The van der Waals surface area contributed by atoms with E-state index in [1.54, 1.807) is 25.1 Å². The van der Waals surface area contributed by atoms with E-state index in [4.69, 9.17) is 0 Å². The van der Waals surface area contributed by atoms with Crippen molar-refractivity contribution in [2.75, 3.05) is 6.54 Å². The highest BCUT2D eigenvalue weighted by Gasteiger charge is 2.24. The molecule has 0 fully saturated rings. The fourth-order valence-electron chi connectivity index (χ4n) is 1.87. The Bertz CT molecular complexity index is 706. The van der Waals surface area contributed by atoms with E-state index in [-0.39, 0.29) is 18.1 Å². The average Bonchev–Trinajstić information content (AvgIpc) is 3.06. The first-order valence-electron chi connectivity index (χ1n) is 6.85. The number of carbonyl (C=O) groups excluding carboxylic acids is 1. The lowest BCUT2D eigenvalue weighted by molar-refractivity contribution is -0.384. The Labute approximate surface area is 137 Å². The van der Waals surface area contributed by atoms with Crippen LogP contribution in [-0.2, 0) is 10.4 Å². The van der Waals surface area contributed by atoms with E-state index < -0.39 is 10.5 Å². The van der Waals surface area contributed by atoms with Gasteiger partial charge in [-0.05, 0) is 42.1 Å². The first kappa shape index (κ1) is 16.9. The molecule has 6 nitrogen and oxygen atoms in total. The first-order chi connectivity index (χ1) is 10.9. The van der Waals surface area contributed by atoms with Crippen molar-refractivity contribution in [3.8, 4) is 0 Å². The van der Waals surface area contributed by atoms with Crippen molar-refractivity contribution in [1.29, 1.82) is 0 Å². The summed E-state index contributed by atoms with van der Waals surface area (Å²) in [5.41, 5.74) is -0.445. The molecule has 0 aliphatic heterocycles. The molecular formula is C16H16N2O4S. The van der Waals surface area contributed by atoms with Gasteiger partial charge in [-0.1, -0.05) is 6.07 Å². The van der Waals surface area contributed by atoms with E-state index in [1.165, 1.54) is 29.5 Å². The van der Waals surface area contributed by atoms with Crippen molar-refractivity contribution >= 4 is 29.0 Å². The summed E-state index contributed by atoms with van der Waals surface area (Å²) in [6.45, 7) is 1.73. The van der Waals surface area contributed by atoms with E-state index in [9.17, 15) is 20.0 Å². The zero-order chi connectivity index (χ0) is 16.9. The van der Waals surface area contributed by atoms with E-state index >= 15 is 0 Å². The summed E-state index contributed by atoms with van der Waals surface area (Å²) < 4.78 is 0. The lowest BCUT2D eigenvalue weighted by Gasteiger charge is -2.21. The number of thiophene rings is 1. The number of nitro benzene ring substituents is 1. The molecule has 23 heavy (non-hydrogen) atoms. The number of nitrogens with one attached hydrogen (secondary N) is 1. The van der Waals surface area contributed by atoms with Gasteiger partial charge in [0.25, 0.3) is 5.69 Å². The molecule has 2 rings (SSSR count). The van der Waals surface area contributed by atoms with Crippen LogP contribution in [0.15, 0.2) is 47.9 Å². The lowest BCUT2D eigenvalue weighted by Crippen LogP contribution is -2.37. The number of aliphatic hydroxyl groups is 1. The number of nitrogens with zero attached hydrogens (tertiary/aromatic N) is 1. The molecule has 0 saturated heterocycles.